The van der Waals surface area contributed by atoms with Crippen LogP contribution in [0.4, 0.5) is 0 Å². The minimum absolute atomic E-state index is 0.00732. The van der Waals surface area contributed by atoms with E-state index in [0.717, 1.165) is 27.6 Å². The average molecular weight is 402 g/mol. The lowest BCUT2D eigenvalue weighted by molar-refractivity contribution is -0.121. The first-order valence-corrected chi connectivity index (χ1v) is 9.88. The monoisotopic (exact) mass is 401 g/mol. The molecule has 0 bridgehead atoms. The number of benzene rings is 1. The van der Waals surface area contributed by atoms with E-state index in [9.17, 15) is 4.79 Å². The molecular formula is C20H20ClN3O2S. The maximum absolute atomic E-state index is 12.0. The molecule has 1 aromatic carbocycles. The van der Waals surface area contributed by atoms with E-state index in [1.54, 1.807) is 18.5 Å². The maximum Gasteiger partial charge on any atom is 0.220 e. The van der Waals surface area contributed by atoms with E-state index < -0.39 is 0 Å². The van der Waals surface area contributed by atoms with E-state index in [4.69, 9.17) is 16.3 Å². The van der Waals surface area contributed by atoms with Crippen molar-refractivity contribution in [2.24, 2.45) is 0 Å². The van der Waals surface area contributed by atoms with E-state index in [1.807, 2.05) is 36.6 Å². The second-order valence-electron chi connectivity index (χ2n) is 6.00. The molecule has 3 rings (SSSR count). The van der Waals surface area contributed by atoms with Crippen LogP contribution in [0.15, 0.2) is 48.1 Å². The summed E-state index contributed by atoms with van der Waals surface area (Å²) in [4.78, 5) is 20.5. The molecule has 1 amide bonds. The molecule has 27 heavy (non-hydrogen) atoms. The molecule has 0 spiro atoms. The van der Waals surface area contributed by atoms with Gasteiger partial charge in [-0.1, -0.05) is 11.6 Å². The Morgan fingerprint density at radius 2 is 2.07 bits per heavy atom. The van der Waals surface area contributed by atoms with Crippen LogP contribution >= 0.6 is 22.9 Å². The van der Waals surface area contributed by atoms with E-state index in [2.05, 4.69) is 15.3 Å². The van der Waals surface area contributed by atoms with Gasteiger partial charge in [-0.15, -0.1) is 11.3 Å². The van der Waals surface area contributed by atoms with Gasteiger partial charge in [0.25, 0.3) is 0 Å². The minimum atomic E-state index is -0.00732. The fourth-order valence-electron chi connectivity index (χ4n) is 2.50. The number of thiazole rings is 1. The first-order chi connectivity index (χ1) is 13.1. The number of pyridine rings is 1. The third kappa shape index (κ3) is 5.77. The van der Waals surface area contributed by atoms with Crippen LogP contribution in [-0.4, -0.2) is 22.5 Å². The van der Waals surface area contributed by atoms with E-state index in [0.29, 0.717) is 31.0 Å². The lowest BCUT2D eigenvalue weighted by atomic mass is 10.2. The van der Waals surface area contributed by atoms with Gasteiger partial charge >= 0.3 is 0 Å². The smallest absolute Gasteiger partial charge is 0.220 e. The summed E-state index contributed by atoms with van der Waals surface area (Å²) in [6.45, 7) is 2.87. The van der Waals surface area contributed by atoms with Gasteiger partial charge < -0.3 is 10.1 Å². The SMILES string of the molecule is Cc1cc(Cl)ccc1OCCCC(=O)NCc1nc(-c2ccncc2)cs1. The number of aromatic nitrogens is 2. The van der Waals surface area contributed by atoms with E-state index in [-0.39, 0.29) is 5.91 Å². The van der Waals surface area contributed by atoms with Gasteiger partial charge in [-0.3, -0.25) is 9.78 Å². The van der Waals surface area contributed by atoms with E-state index >= 15 is 0 Å². The number of amides is 1. The third-order valence-electron chi connectivity index (χ3n) is 3.91. The van der Waals surface area contributed by atoms with Crippen LogP contribution in [0.5, 0.6) is 5.75 Å². The summed E-state index contributed by atoms with van der Waals surface area (Å²) in [6.07, 6.45) is 4.54. The van der Waals surface area contributed by atoms with Crippen molar-refractivity contribution in [3.63, 3.8) is 0 Å². The van der Waals surface area contributed by atoms with Gasteiger partial charge in [0.2, 0.25) is 5.91 Å². The largest absolute Gasteiger partial charge is 0.493 e. The number of carbonyl (C=O) groups excluding carboxylic acids is 1. The van der Waals surface area contributed by atoms with Crippen LogP contribution < -0.4 is 10.1 Å². The van der Waals surface area contributed by atoms with Crippen LogP contribution in [-0.2, 0) is 11.3 Å². The summed E-state index contributed by atoms with van der Waals surface area (Å²) in [5.74, 6) is 0.790. The molecule has 5 nitrogen and oxygen atoms in total. The molecule has 7 heteroatoms. The second-order valence-corrected chi connectivity index (χ2v) is 7.38. The molecule has 0 radical (unpaired) electrons. The second kappa shape index (κ2) is 9.48. The van der Waals surface area contributed by atoms with Crippen molar-refractivity contribution in [3.05, 3.63) is 63.7 Å². The Balaban J connectivity index is 1.38. The minimum Gasteiger partial charge on any atom is -0.493 e. The highest BCUT2D eigenvalue weighted by molar-refractivity contribution is 7.09. The Labute approximate surface area is 167 Å². The van der Waals surface area contributed by atoms with Gasteiger partial charge in [-0.05, 0) is 49.2 Å². The maximum atomic E-state index is 12.0. The standard InChI is InChI=1S/C20H20ClN3O2S/c1-14-11-16(21)4-5-18(14)26-10-2-3-19(25)23-12-20-24-17(13-27-20)15-6-8-22-9-7-15/h4-9,11,13H,2-3,10,12H2,1H3,(H,23,25). The third-order valence-corrected chi connectivity index (χ3v) is 4.99. The highest BCUT2D eigenvalue weighted by atomic mass is 35.5. The number of carbonyl (C=O) groups is 1. The zero-order valence-corrected chi connectivity index (χ0v) is 16.5. The zero-order valence-electron chi connectivity index (χ0n) is 14.9. The summed E-state index contributed by atoms with van der Waals surface area (Å²) in [6, 6.07) is 9.34. The van der Waals surface area contributed by atoms with Crippen LogP contribution in [0, 0.1) is 6.92 Å². The molecule has 0 saturated heterocycles. The fourth-order valence-corrected chi connectivity index (χ4v) is 3.47. The number of ether oxygens (including phenoxy) is 1. The summed E-state index contributed by atoms with van der Waals surface area (Å²) >= 11 is 7.46. The first-order valence-electron chi connectivity index (χ1n) is 8.62. The molecule has 0 saturated carbocycles. The molecule has 2 heterocycles. The van der Waals surface area contributed by atoms with Gasteiger partial charge in [0.1, 0.15) is 10.8 Å². The van der Waals surface area contributed by atoms with Crippen molar-refractivity contribution in [3.8, 4) is 17.0 Å². The van der Waals surface area contributed by atoms with Crippen LogP contribution in [0.1, 0.15) is 23.4 Å². The zero-order chi connectivity index (χ0) is 19.1. The molecular weight excluding hydrogens is 382 g/mol. The van der Waals surface area contributed by atoms with Gasteiger partial charge in [0.05, 0.1) is 18.8 Å². The van der Waals surface area contributed by atoms with Crippen LogP contribution in [0.3, 0.4) is 0 Å². The number of aryl methyl sites for hydroxylation is 1. The molecule has 0 fully saturated rings. The van der Waals surface area contributed by atoms with Crippen molar-refractivity contribution in [2.45, 2.75) is 26.3 Å². The normalized spacial score (nSPS) is 10.6. The van der Waals surface area contributed by atoms with Crippen LogP contribution in [0.2, 0.25) is 5.02 Å². The number of hydrogen-bond acceptors (Lipinski definition) is 5. The van der Waals surface area contributed by atoms with Gasteiger partial charge in [-0.2, -0.15) is 0 Å². The Bertz CT molecular complexity index is 899. The highest BCUT2D eigenvalue weighted by Crippen LogP contribution is 2.22. The summed E-state index contributed by atoms with van der Waals surface area (Å²) in [5.41, 5.74) is 2.91. The van der Waals surface area contributed by atoms with Crippen molar-refractivity contribution in [1.82, 2.24) is 15.3 Å². The Morgan fingerprint density at radius 1 is 1.26 bits per heavy atom. The topological polar surface area (TPSA) is 64.1 Å². The van der Waals surface area contributed by atoms with Crippen molar-refractivity contribution >= 4 is 28.8 Å². The molecule has 0 aliphatic rings. The average Bonchev–Trinajstić information content (AvgIpc) is 3.15. The summed E-state index contributed by atoms with van der Waals surface area (Å²) in [7, 11) is 0. The predicted octanol–water partition coefficient (Wildman–Crippen LogP) is 4.64. The van der Waals surface area contributed by atoms with Gasteiger partial charge in [0.15, 0.2) is 0 Å². The lowest BCUT2D eigenvalue weighted by Crippen LogP contribution is -2.22. The number of hydrogen-bond donors (Lipinski definition) is 1. The highest BCUT2D eigenvalue weighted by Gasteiger charge is 2.07. The Hall–Kier alpha value is -2.44. The van der Waals surface area contributed by atoms with Crippen molar-refractivity contribution in [1.29, 1.82) is 0 Å². The molecule has 0 aliphatic carbocycles. The number of halogens is 1. The van der Waals surface area contributed by atoms with E-state index in [1.165, 1.54) is 11.3 Å². The van der Waals surface area contributed by atoms with Gasteiger partial charge in [0, 0.05) is 34.8 Å². The predicted molar refractivity (Wildman–Crippen MR) is 108 cm³/mol. The molecule has 140 valence electrons. The molecule has 3 aromatic rings. The Morgan fingerprint density at radius 3 is 2.85 bits per heavy atom. The number of nitrogens with zero attached hydrogens (tertiary/aromatic N) is 2. The lowest BCUT2D eigenvalue weighted by Gasteiger charge is -2.09. The molecule has 1 N–H and O–H groups in total. The summed E-state index contributed by atoms with van der Waals surface area (Å²) < 4.78 is 5.70. The number of rotatable bonds is 8. The fraction of sp³-hybridized carbons (Fsp3) is 0.250. The van der Waals surface area contributed by atoms with Crippen molar-refractivity contribution in [2.75, 3.05) is 6.61 Å². The Kier molecular flexibility index (Phi) is 6.79. The van der Waals surface area contributed by atoms with Gasteiger partial charge in [-0.25, -0.2) is 4.98 Å². The summed E-state index contributed by atoms with van der Waals surface area (Å²) in [5, 5.41) is 6.46. The molecule has 0 unspecified atom stereocenters. The van der Waals surface area contributed by atoms with Crippen molar-refractivity contribution < 1.29 is 9.53 Å². The molecule has 0 atom stereocenters. The van der Waals surface area contributed by atoms with Crippen LogP contribution in [0.25, 0.3) is 11.3 Å². The molecule has 2 aromatic heterocycles. The molecule has 0 aliphatic heterocycles. The quantitative estimate of drug-likeness (QED) is 0.558. The number of nitrogens with one attached hydrogen (secondary N) is 1. The first kappa shape index (κ1) is 19.3.